The van der Waals surface area contributed by atoms with E-state index in [0.717, 1.165) is 0 Å². The summed E-state index contributed by atoms with van der Waals surface area (Å²) in [5.74, 6) is -1.20. The maximum absolute atomic E-state index is 13.3. The molecule has 1 amide bonds. The summed E-state index contributed by atoms with van der Waals surface area (Å²) in [6.45, 7) is 0.0722. The summed E-state index contributed by atoms with van der Waals surface area (Å²) in [6.07, 6.45) is 0. The van der Waals surface area contributed by atoms with Crippen molar-refractivity contribution in [2.24, 2.45) is 0 Å². The van der Waals surface area contributed by atoms with Crippen LogP contribution >= 0.6 is 34.8 Å². The highest BCUT2D eigenvalue weighted by molar-refractivity contribution is 6.46. The van der Waals surface area contributed by atoms with E-state index in [4.69, 9.17) is 44.3 Å². The number of para-hydroxylation sites is 1. The number of rotatable bonds is 6. The number of aliphatic hydroxyl groups is 1. The third-order valence-corrected chi connectivity index (χ3v) is 6.55. The fourth-order valence-corrected chi connectivity index (χ4v) is 4.87. The van der Waals surface area contributed by atoms with Gasteiger partial charge in [-0.25, -0.2) is 0 Å². The smallest absolute Gasteiger partial charge is 0.295 e. The standard InChI is InChI=1S/C26H20Cl3NO5/c1-34-20-6-4-3-5-15(20)13-30-22(14-7-9-17(27)10-8-14)21(24(32)26(30)33)23(31)16-11-18(28)25(35-2)19(29)12-16/h3-12,22,31H,13H2,1-2H3/b23-21+. The van der Waals surface area contributed by atoms with Crippen LogP contribution in [-0.4, -0.2) is 35.9 Å². The van der Waals surface area contributed by atoms with Crippen molar-refractivity contribution >= 4 is 52.3 Å². The summed E-state index contributed by atoms with van der Waals surface area (Å²) in [5.41, 5.74) is 1.38. The molecule has 6 nitrogen and oxygen atoms in total. The van der Waals surface area contributed by atoms with Crippen molar-refractivity contribution in [1.82, 2.24) is 4.90 Å². The van der Waals surface area contributed by atoms with Crippen molar-refractivity contribution < 1.29 is 24.2 Å². The number of carbonyl (C=O) groups is 2. The minimum atomic E-state index is -0.892. The normalized spacial score (nSPS) is 17.1. The van der Waals surface area contributed by atoms with Gasteiger partial charge in [0.15, 0.2) is 5.75 Å². The zero-order valence-electron chi connectivity index (χ0n) is 18.7. The molecule has 1 aliphatic rings. The average molecular weight is 533 g/mol. The van der Waals surface area contributed by atoms with Crippen LogP contribution in [0.15, 0.2) is 66.2 Å². The van der Waals surface area contributed by atoms with Gasteiger partial charge in [0.2, 0.25) is 0 Å². The number of likely N-dealkylation sites (tertiary alicyclic amines) is 1. The Kier molecular flexibility index (Phi) is 7.26. The molecule has 3 aromatic carbocycles. The van der Waals surface area contributed by atoms with Crippen molar-refractivity contribution in [1.29, 1.82) is 0 Å². The van der Waals surface area contributed by atoms with Gasteiger partial charge in [-0.05, 0) is 35.9 Å². The van der Waals surface area contributed by atoms with Gasteiger partial charge in [-0.3, -0.25) is 9.59 Å². The van der Waals surface area contributed by atoms with Crippen LogP contribution in [0.5, 0.6) is 11.5 Å². The second-order valence-corrected chi connectivity index (χ2v) is 9.01. The van der Waals surface area contributed by atoms with Gasteiger partial charge in [0, 0.05) is 16.1 Å². The molecule has 0 bridgehead atoms. The predicted octanol–water partition coefficient (Wildman–Crippen LogP) is 6.29. The Balaban J connectivity index is 1.89. The first kappa shape index (κ1) is 24.9. The Labute approximate surface area is 217 Å². The second-order valence-electron chi connectivity index (χ2n) is 7.76. The number of methoxy groups -OCH3 is 2. The highest BCUT2D eigenvalue weighted by atomic mass is 35.5. The third-order valence-electron chi connectivity index (χ3n) is 5.73. The van der Waals surface area contributed by atoms with Gasteiger partial charge in [-0.1, -0.05) is 65.1 Å². The Bertz CT molecular complexity index is 1310. The molecule has 180 valence electrons. The van der Waals surface area contributed by atoms with E-state index in [0.29, 0.717) is 21.9 Å². The summed E-state index contributed by atoms with van der Waals surface area (Å²) >= 11 is 18.6. The number of ketones is 1. The first-order valence-corrected chi connectivity index (χ1v) is 11.6. The Hall–Kier alpha value is -3.19. The molecule has 1 aliphatic heterocycles. The van der Waals surface area contributed by atoms with Crippen molar-refractivity contribution in [3.8, 4) is 11.5 Å². The molecule has 35 heavy (non-hydrogen) atoms. The zero-order chi connectivity index (χ0) is 25.3. The second kappa shape index (κ2) is 10.2. The van der Waals surface area contributed by atoms with Gasteiger partial charge in [-0.2, -0.15) is 0 Å². The Morgan fingerprint density at radius 2 is 1.57 bits per heavy atom. The molecular weight excluding hydrogens is 513 g/mol. The number of nitrogens with zero attached hydrogens (tertiary/aromatic N) is 1. The summed E-state index contributed by atoms with van der Waals surface area (Å²) in [4.78, 5) is 27.9. The van der Waals surface area contributed by atoms with E-state index < -0.39 is 23.5 Å². The molecule has 4 rings (SSSR count). The van der Waals surface area contributed by atoms with Crippen LogP contribution in [0.25, 0.3) is 5.76 Å². The molecule has 1 heterocycles. The predicted molar refractivity (Wildman–Crippen MR) is 135 cm³/mol. The lowest BCUT2D eigenvalue weighted by Crippen LogP contribution is -2.29. The highest BCUT2D eigenvalue weighted by Crippen LogP contribution is 2.43. The first-order valence-electron chi connectivity index (χ1n) is 10.5. The van der Waals surface area contributed by atoms with Crippen molar-refractivity contribution in [3.05, 3.63) is 98.0 Å². The number of amides is 1. The van der Waals surface area contributed by atoms with Gasteiger partial charge in [0.1, 0.15) is 11.5 Å². The quantitative estimate of drug-likeness (QED) is 0.229. The number of halogens is 3. The summed E-state index contributed by atoms with van der Waals surface area (Å²) in [7, 11) is 2.94. The summed E-state index contributed by atoms with van der Waals surface area (Å²) < 4.78 is 10.6. The third kappa shape index (κ3) is 4.69. The SMILES string of the molecule is COc1ccccc1CN1C(=O)C(=O)/C(=C(/O)c2cc(Cl)c(OC)c(Cl)c2)C1c1ccc(Cl)cc1. The van der Waals surface area contributed by atoms with E-state index in [1.54, 1.807) is 36.4 Å². The van der Waals surface area contributed by atoms with E-state index in [2.05, 4.69) is 0 Å². The van der Waals surface area contributed by atoms with Crippen LogP contribution in [0.4, 0.5) is 0 Å². The Morgan fingerprint density at radius 1 is 0.943 bits per heavy atom. The fourth-order valence-electron chi connectivity index (χ4n) is 4.10. The van der Waals surface area contributed by atoms with E-state index in [9.17, 15) is 14.7 Å². The maximum Gasteiger partial charge on any atom is 0.295 e. The van der Waals surface area contributed by atoms with Crippen LogP contribution in [0.3, 0.4) is 0 Å². The van der Waals surface area contributed by atoms with E-state index in [-0.39, 0.29) is 33.5 Å². The highest BCUT2D eigenvalue weighted by Gasteiger charge is 2.46. The van der Waals surface area contributed by atoms with Gasteiger partial charge < -0.3 is 19.5 Å². The maximum atomic E-state index is 13.3. The van der Waals surface area contributed by atoms with Crippen LogP contribution in [0.2, 0.25) is 15.1 Å². The summed E-state index contributed by atoms with van der Waals surface area (Å²) in [6, 6.07) is 15.9. The first-order chi connectivity index (χ1) is 16.8. The molecule has 1 atom stereocenters. The van der Waals surface area contributed by atoms with E-state index in [1.807, 2.05) is 12.1 Å². The van der Waals surface area contributed by atoms with Crippen LogP contribution in [0, 0.1) is 0 Å². The summed E-state index contributed by atoms with van der Waals surface area (Å²) in [5, 5.41) is 12.0. The molecule has 0 aliphatic carbocycles. The molecule has 1 saturated heterocycles. The lowest BCUT2D eigenvalue weighted by molar-refractivity contribution is -0.140. The fraction of sp³-hybridized carbons (Fsp3) is 0.154. The van der Waals surface area contributed by atoms with Gasteiger partial charge >= 0.3 is 0 Å². The van der Waals surface area contributed by atoms with Crippen molar-refractivity contribution in [3.63, 3.8) is 0 Å². The number of hydrogen-bond acceptors (Lipinski definition) is 5. The number of benzene rings is 3. The number of hydrogen-bond donors (Lipinski definition) is 1. The number of aliphatic hydroxyl groups excluding tert-OH is 1. The van der Waals surface area contributed by atoms with Gasteiger partial charge in [0.25, 0.3) is 11.7 Å². The van der Waals surface area contributed by atoms with Gasteiger partial charge in [-0.15, -0.1) is 0 Å². The molecule has 1 unspecified atom stereocenters. The monoisotopic (exact) mass is 531 g/mol. The minimum Gasteiger partial charge on any atom is -0.507 e. The average Bonchev–Trinajstić information content (AvgIpc) is 3.09. The molecule has 1 N–H and O–H groups in total. The molecule has 1 fully saturated rings. The van der Waals surface area contributed by atoms with Crippen LogP contribution in [-0.2, 0) is 16.1 Å². The number of ether oxygens (including phenoxy) is 2. The molecular formula is C26H20Cl3NO5. The molecule has 0 spiro atoms. The zero-order valence-corrected chi connectivity index (χ0v) is 21.0. The molecule has 3 aromatic rings. The molecule has 0 radical (unpaired) electrons. The molecule has 0 aromatic heterocycles. The number of carbonyl (C=O) groups excluding carboxylic acids is 2. The lowest BCUT2D eigenvalue weighted by atomic mass is 9.95. The largest absolute Gasteiger partial charge is 0.507 e. The van der Waals surface area contributed by atoms with Gasteiger partial charge in [0.05, 0.1) is 42.4 Å². The molecule has 0 saturated carbocycles. The van der Waals surface area contributed by atoms with Crippen molar-refractivity contribution in [2.75, 3.05) is 14.2 Å². The van der Waals surface area contributed by atoms with E-state index >= 15 is 0 Å². The minimum absolute atomic E-state index is 0.0722. The van der Waals surface area contributed by atoms with Crippen molar-refractivity contribution in [2.45, 2.75) is 12.6 Å². The number of Topliss-reactive ketones (excluding diaryl/α,β-unsaturated/α-hetero) is 1. The van der Waals surface area contributed by atoms with Crippen LogP contribution in [0.1, 0.15) is 22.7 Å². The lowest BCUT2D eigenvalue weighted by Gasteiger charge is -2.26. The molecule has 9 heteroatoms. The Morgan fingerprint density at radius 3 is 2.17 bits per heavy atom. The van der Waals surface area contributed by atoms with Crippen LogP contribution < -0.4 is 9.47 Å². The van der Waals surface area contributed by atoms with E-state index in [1.165, 1.54) is 31.3 Å². The topological polar surface area (TPSA) is 76.1 Å².